The maximum Gasteiger partial charge on any atom is 0.0744 e. The van der Waals surface area contributed by atoms with Crippen LogP contribution in [0.3, 0.4) is 0 Å². The van der Waals surface area contributed by atoms with Crippen LogP contribution in [0.2, 0.25) is 0 Å². The average Bonchev–Trinajstić information content (AvgIpc) is 3.13. The molecule has 4 rings (SSSR count). The number of nitrogens with one attached hydrogen (secondary N) is 3. The Labute approximate surface area is 242 Å². The fourth-order valence-electron chi connectivity index (χ4n) is 7.64. The van der Waals surface area contributed by atoms with Crippen molar-refractivity contribution in [3.05, 3.63) is 23.3 Å². The summed E-state index contributed by atoms with van der Waals surface area (Å²) < 4.78 is 12.5. The third-order valence-electron chi connectivity index (χ3n) is 10.2. The molecule has 39 heavy (non-hydrogen) atoms. The standard InChI is InChI=1S/C32H53ClN4O2/c1-6-22-10-11-23(9-8-20(22)3)21(4)19-39-30-13-12-25(14-27(30)33)37-32-24(17-34)18-36-28-16-31(38-7-2)29(35-5)15-26(28)32/h8-9,21-22,24-32,35-37H,6-7,10-16,18-19H2,1-5H3. The molecule has 1 heterocycles. The van der Waals surface area contributed by atoms with Crippen molar-refractivity contribution in [1.82, 2.24) is 16.0 Å². The maximum absolute atomic E-state index is 10.0. The smallest absolute Gasteiger partial charge is 0.0744 e. The van der Waals surface area contributed by atoms with E-state index in [2.05, 4.69) is 61.9 Å². The topological polar surface area (TPSA) is 78.3 Å². The van der Waals surface area contributed by atoms with Crippen LogP contribution in [0.4, 0.5) is 0 Å². The van der Waals surface area contributed by atoms with E-state index >= 15 is 0 Å². The van der Waals surface area contributed by atoms with E-state index in [0.717, 1.165) is 58.3 Å². The van der Waals surface area contributed by atoms with Gasteiger partial charge in [0.2, 0.25) is 0 Å². The molecule has 2 saturated carbocycles. The summed E-state index contributed by atoms with van der Waals surface area (Å²) in [4.78, 5) is 0. The van der Waals surface area contributed by atoms with Crippen molar-refractivity contribution in [2.45, 2.75) is 121 Å². The number of allylic oxidation sites excluding steroid dienone is 3. The van der Waals surface area contributed by atoms with E-state index in [9.17, 15) is 5.26 Å². The summed E-state index contributed by atoms with van der Waals surface area (Å²) in [6.45, 7) is 11.1. The molecule has 0 spiro atoms. The SMILES string of the molecule is CCOC1CC2NCC(C#N)C(NC3CCC(OCC(C)C4=CC=C(C)C(CC)CC4)C(Cl)C3)C2CC1NC. The molecule has 0 radical (unpaired) electrons. The van der Waals surface area contributed by atoms with E-state index in [4.69, 9.17) is 21.1 Å². The van der Waals surface area contributed by atoms with Gasteiger partial charge in [0.15, 0.2) is 0 Å². The molecule has 11 unspecified atom stereocenters. The molecule has 3 aliphatic carbocycles. The summed E-state index contributed by atoms with van der Waals surface area (Å²) in [5.74, 6) is 1.49. The lowest BCUT2D eigenvalue weighted by Crippen LogP contribution is -2.65. The molecule has 1 saturated heterocycles. The number of nitriles is 1. The van der Waals surface area contributed by atoms with Gasteiger partial charge in [-0.1, -0.05) is 37.1 Å². The number of nitrogens with zero attached hydrogens (tertiary/aromatic N) is 1. The number of piperidine rings is 1. The summed E-state index contributed by atoms with van der Waals surface area (Å²) in [7, 11) is 2.03. The van der Waals surface area contributed by atoms with Gasteiger partial charge in [0.1, 0.15) is 0 Å². The first-order chi connectivity index (χ1) is 18.9. The predicted molar refractivity (Wildman–Crippen MR) is 160 cm³/mol. The molecule has 0 aromatic carbocycles. The summed E-state index contributed by atoms with van der Waals surface area (Å²) >= 11 is 6.96. The van der Waals surface area contributed by atoms with E-state index in [0.29, 0.717) is 35.9 Å². The van der Waals surface area contributed by atoms with Gasteiger partial charge in [-0.2, -0.15) is 5.26 Å². The van der Waals surface area contributed by atoms with Crippen molar-refractivity contribution in [2.24, 2.45) is 23.7 Å². The number of fused-ring (bicyclic) bond motifs is 1. The van der Waals surface area contributed by atoms with Crippen LogP contribution in [0.15, 0.2) is 23.3 Å². The van der Waals surface area contributed by atoms with Gasteiger partial charge >= 0.3 is 0 Å². The largest absolute Gasteiger partial charge is 0.377 e. The van der Waals surface area contributed by atoms with Crippen LogP contribution < -0.4 is 16.0 Å². The third kappa shape index (κ3) is 7.67. The highest BCUT2D eigenvalue weighted by atomic mass is 35.5. The monoisotopic (exact) mass is 560 g/mol. The van der Waals surface area contributed by atoms with Crippen molar-refractivity contribution >= 4 is 11.6 Å². The van der Waals surface area contributed by atoms with Gasteiger partial charge in [-0.15, -0.1) is 11.6 Å². The summed E-state index contributed by atoms with van der Waals surface area (Å²) in [6.07, 6.45) is 13.5. The number of hydrogen-bond donors (Lipinski definition) is 3. The van der Waals surface area contributed by atoms with Crippen molar-refractivity contribution in [1.29, 1.82) is 5.26 Å². The fourth-order valence-corrected chi connectivity index (χ4v) is 8.05. The highest BCUT2D eigenvalue weighted by Crippen LogP contribution is 2.37. The molecule has 1 aliphatic heterocycles. The van der Waals surface area contributed by atoms with Gasteiger partial charge in [0.25, 0.3) is 0 Å². The van der Waals surface area contributed by atoms with Gasteiger partial charge in [0.05, 0.1) is 36.2 Å². The molecule has 6 nitrogen and oxygen atoms in total. The molecule has 4 aliphatic rings. The maximum atomic E-state index is 10.0. The Kier molecular flexibility index (Phi) is 11.8. The van der Waals surface area contributed by atoms with E-state index in [1.54, 1.807) is 0 Å². The number of rotatable bonds is 10. The molecular weight excluding hydrogens is 508 g/mol. The van der Waals surface area contributed by atoms with Crippen LogP contribution in [-0.2, 0) is 9.47 Å². The molecule has 3 fully saturated rings. The van der Waals surface area contributed by atoms with Gasteiger partial charge in [-0.05, 0) is 84.1 Å². The van der Waals surface area contributed by atoms with Crippen LogP contribution in [0.5, 0.6) is 0 Å². The number of hydrogen-bond acceptors (Lipinski definition) is 6. The second kappa shape index (κ2) is 14.8. The minimum atomic E-state index is -0.0335. The van der Waals surface area contributed by atoms with E-state index in [-0.39, 0.29) is 29.5 Å². The number of ether oxygens (including phenoxy) is 2. The molecule has 220 valence electrons. The number of halogens is 1. The quantitative estimate of drug-likeness (QED) is 0.313. The lowest BCUT2D eigenvalue weighted by Gasteiger charge is -2.50. The van der Waals surface area contributed by atoms with E-state index < -0.39 is 0 Å². The van der Waals surface area contributed by atoms with Crippen molar-refractivity contribution < 1.29 is 9.47 Å². The Balaban J connectivity index is 1.30. The van der Waals surface area contributed by atoms with E-state index in [1.807, 2.05) is 7.05 Å². The predicted octanol–water partition coefficient (Wildman–Crippen LogP) is 5.33. The van der Waals surface area contributed by atoms with Gasteiger partial charge in [-0.3, -0.25) is 0 Å². The van der Waals surface area contributed by atoms with Gasteiger partial charge < -0.3 is 25.4 Å². The molecule has 0 aromatic heterocycles. The van der Waals surface area contributed by atoms with Crippen molar-refractivity contribution in [3.63, 3.8) is 0 Å². The first-order valence-corrected chi connectivity index (χ1v) is 16.1. The van der Waals surface area contributed by atoms with Crippen LogP contribution in [-0.4, -0.2) is 68.6 Å². The van der Waals surface area contributed by atoms with Crippen molar-refractivity contribution in [2.75, 3.05) is 26.8 Å². The Morgan fingerprint density at radius 1 is 1.13 bits per heavy atom. The first-order valence-electron chi connectivity index (χ1n) is 15.7. The normalized spacial score (nSPS) is 40.0. The van der Waals surface area contributed by atoms with Crippen molar-refractivity contribution in [3.8, 4) is 6.07 Å². The minimum absolute atomic E-state index is 0.00466. The lowest BCUT2D eigenvalue weighted by molar-refractivity contribution is -0.0292. The second-order valence-corrected chi connectivity index (χ2v) is 13.1. The second-order valence-electron chi connectivity index (χ2n) is 12.6. The summed E-state index contributed by atoms with van der Waals surface area (Å²) in [5.41, 5.74) is 3.02. The van der Waals surface area contributed by atoms with Crippen LogP contribution in [0.1, 0.15) is 79.1 Å². The Bertz CT molecular complexity index is 888. The summed E-state index contributed by atoms with van der Waals surface area (Å²) in [5, 5.41) is 21.1. The lowest BCUT2D eigenvalue weighted by atomic mass is 9.69. The van der Waals surface area contributed by atoms with Gasteiger partial charge in [-0.25, -0.2) is 0 Å². The molecule has 11 atom stereocenters. The Hall–Kier alpha value is -0.940. The zero-order valence-corrected chi connectivity index (χ0v) is 25.7. The Morgan fingerprint density at radius 2 is 1.95 bits per heavy atom. The zero-order chi connectivity index (χ0) is 27.9. The third-order valence-corrected chi connectivity index (χ3v) is 10.7. The van der Waals surface area contributed by atoms with E-state index in [1.165, 1.54) is 24.0 Å². The molecule has 0 amide bonds. The summed E-state index contributed by atoms with van der Waals surface area (Å²) in [6, 6.07) is 3.80. The highest BCUT2D eigenvalue weighted by molar-refractivity contribution is 6.21. The molecule has 0 bridgehead atoms. The van der Waals surface area contributed by atoms with Crippen LogP contribution >= 0.6 is 11.6 Å². The fraction of sp³-hybridized carbons (Fsp3) is 0.844. The average molecular weight is 561 g/mol. The first kappa shape index (κ1) is 31.0. The number of alkyl halides is 1. The molecule has 7 heteroatoms. The highest BCUT2D eigenvalue weighted by Gasteiger charge is 2.47. The molecule has 0 aromatic rings. The molecule has 3 N–H and O–H groups in total. The van der Waals surface area contributed by atoms with Gasteiger partial charge in [0, 0.05) is 43.2 Å². The Morgan fingerprint density at radius 3 is 2.64 bits per heavy atom. The number of likely N-dealkylation sites (N-methyl/N-ethyl adjacent to an activating group) is 1. The van der Waals surface area contributed by atoms with Crippen LogP contribution in [0, 0.1) is 35.0 Å². The minimum Gasteiger partial charge on any atom is -0.377 e. The zero-order valence-electron chi connectivity index (χ0n) is 24.9. The van der Waals surface area contributed by atoms with Crippen LogP contribution in [0.25, 0.3) is 0 Å². The molecular formula is C32H53ClN4O2.